The summed E-state index contributed by atoms with van der Waals surface area (Å²) in [6.45, 7) is 5.05. The zero-order valence-electron chi connectivity index (χ0n) is 11.2. The minimum absolute atomic E-state index is 0.194. The summed E-state index contributed by atoms with van der Waals surface area (Å²) in [6, 6.07) is 4.42. The van der Waals surface area contributed by atoms with Gasteiger partial charge in [-0.25, -0.2) is 0 Å². The maximum Gasteiger partial charge on any atom is 0.573 e. The summed E-state index contributed by atoms with van der Waals surface area (Å²) < 4.78 is 41.0. The van der Waals surface area contributed by atoms with Crippen LogP contribution in [0.4, 0.5) is 13.2 Å². The van der Waals surface area contributed by atoms with Crippen LogP contribution in [0, 0.1) is 5.92 Å². The molecule has 0 N–H and O–H groups in total. The van der Waals surface area contributed by atoms with Crippen LogP contribution in [0.1, 0.15) is 25.3 Å². The van der Waals surface area contributed by atoms with Crippen molar-refractivity contribution in [3.8, 4) is 5.75 Å². The molecular formula is C14H17BrF3NO. The first kappa shape index (κ1) is 15.6. The summed E-state index contributed by atoms with van der Waals surface area (Å²) in [5, 5.41) is 0. The van der Waals surface area contributed by atoms with Crippen LogP contribution >= 0.6 is 15.9 Å². The lowest BCUT2D eigenvalue weighted by Gasteiger charge is -2.31. The van der Waals surface area contributed by atoms with E-state index in [1.807, 2.05) is 0 Å². The number of benzene rings is 1. The van der Waals surface area contributed by atoms with E-state index in [1.54, 1.807) is 6.07 Å². The molecule has 0 bridgehead atoms. The van der Waals surface area contributed by atoms with Crippen LogP contribution in [0.15, 0.2) is 22.7 Å². The number of piperidine rings is 1. The first-order valence-corrected chi connectivity index (χ1v) is 7.39. The van der Waals surface area contributed by atoms with Gasteiger partial charge in [-0.2, -0.15) is 0 Å². The highest BCUT2D eigenvalue weighted by atomic mass is 79.9. The number of hydrogen-bond donors (Lipinski definition) is 0. The summed E-state index contributed by atoms with van der Waals surface area (Å²) in [7, 11) is 0. The zero-order chi connectivity index (χ0) is 14.8. The van der Waals surface area contributed by atoms with Crippen LogP contribution in [-0.2, 0) is 6.54 Å². The second-order valence-corrected chi connectivity index (χ2v) is 6.14. The van der Waals surface area contributed by atoms with Gasteiger partial charge in [0.1, 0.15) is 5.75 Å². The number of likely N-dealkylation sites (tertiary alicyclic amines) is 1. The van der Waals surface area contributed by atoms with E-state index in [4.69, 9.17) is 0 Å². The molecule has 2 nitrogen and oxygen atoms in total. The molecule has 0 aromatic heterocycles. The van der Waals surface area contributed by atoms with Gasteiger partial charge in [0.25, 0.3) is 0 Å². The Morgan fingerprint density at radius 2 is 2.15 bits per heavy atom. The largest absolute Gasteiger partial charge is 0.573 e. The fraction of sp³-hybridized carbons (Fsp3) is 0.571. The average Bonchev–Trinajstić information content (AvgIpc) is 2.31. The third-order valence-electron chi connectivity index (χ3n) is 3.39. The predicted molar refractivity (Wildman–Crippen MR) is 74.5 cm³/mol. The van der Waals surface area contributed by atoms with E-state index in [9.17, 15) is 13.2 Å². The molecule has 0 radical (unpaired) electrons. The highest BCUT2D eigenvalue weighted by molar-refractivity contribution is 9.10. The van der Waals surface area contributed by atoms with Crippen molar-refractivity contribution >= 4 is 15.9 Å². The fourth-order valence-electron chi connectivity index (χ4n) is 2.52. The number of rotatable bonds is 3. The molecular weight excluding hydrogens is 335 g/mol. The van der Waals surface area contributed by atoms with Gasteiger partial charge in [0.05, 0.1) is 0 Å². The lowest BCUT2D eigenvalue weighted by atomic mass is 10.00. The molecule has 1 saturated heterocycles. The SMILES string of the molecule is CC1CCCN(Cc2ccc(OC(F)(F)F)cc2Br)C1. The Bertz CT molecular complexity index is 464. The predicted octanol–water partition coefficient (Wildman–Crippen LogP) is 4.58. The lowest BCUT2D eigenvalue weighted by Crippen LogP contribution is -2.33. The molecule has 1 aliphatic rings. The van der Waals surface area contributed by atoms with E-state index in [1.165, 1.54) is 25.0 Å². The van der Waals surface area contributed by atoms with Gasteiger partial charge in [-0.15, -0.1) is 13.2 Å². The molecule has 1 aromatic rings. The minimum Gasteiger partial charge on any atom is -0.406 e. The van der Waals surface area contributed by atoms with E-state index >= 15 is 0 Å². The number of ether oxygens (including phenoxy) is 1. The Morgan fingerprint density at radius 3 is 2.75 bits per heavy atom. The molecule has 1 atom stereocenters. The second kappa shape index (κ2) is 6.35. The Morgan fingerprint density at radius 1 is 1.40 bits per heavy atom. The summed E-state index contributed by atoms with van der Waals surface area (Å²) in [6.07, 6.45) is -2.23. The maximum absolute atomic E-state index is 12.1. The molecule has 0 amide bonds. The van der Waals surface area contributed by atoms with Crippen molar-refractivity contribution < 1.29 is 17.9 Å². The molecule has 0 saturated carbocycles. The maximum atomic E-state index is 12.1. The van der Waals surface area contributed by atoms with Crippen LogP contribution in [0.25, 0.3) is 0 Å². The van der Waals surface area contributed by atoms with Crippen LogP contribution in [0.3, 0.4) is 0 Å². The van der Waals surface area contributed by atoms with Crippen molar-refractivity contribution in [2.45, 2.75) is 32.7 Å². The molecule has 1 heterocycles. The third kappa shape index (κ3) is 4.66. The van der Waals surface area contributed by atoms with Crippen LogP contribution in [0.5, 0.6) is 5.75 Å². The number of halogens is 4. The standard InChI is InChI=1S/C14H17BrF3NO/c1-10-3-2-6-19(8-10)9-11-4-5-12(7-13(11)15)20-14(16,17)18/h4-5,7,10H,2-3,6,8-9H2,1H3. The fourth-order valence-corrected chi connectivity index (χ4v) is 3.01. The van der Waals surface area contributed by atoms with Crippen molar-refractivity contribution in [1.82, 2.24) is 4.90 Å². The average molecular weight is 352 g/mol. The van der Waals surface area contributed by atoms with Crippen molar-refractivity contribution in [1.29, 1.82) is 0 Å². The molecule has 1 fully saturated rings. The highest BCUT2D eigenvalue weighted by Gasteiger charge is 2.31. The second-order valence-electron chi connectivity index (χ2n) is 5.28. The quantitative estimate of drug-likeness (QED) is 0.790. The van der Waals surface area contributed by atoms with Gasteiger partial charge >= 0.3 is 6.36 Å². The van der Waals surface area contributed by atoms with E-state index in [0.29, 0.717) is 10.4 Å². The normalized spacial score (nSPS) is 20.9. The zero-order valence-corrected chi connectivity index (χ0v) is 12.8. The van der Waals surface area contributed by atoms with Gasteiger partial charge < -0.3 is 4.74 Å². The van der Waals surface area contributed by atoms with Crippen molar-refractivity contribution in [3.63, 3.8) is 0 Å². The molecule has 0 spiro atoms. The number of hydrogen-bond acceptors (Lipinski definition) is 2. The molecule has 2 rings (SSSR count). The van der Waals surface area contributed by atoms with Crippen molar-refractivity contribution in [3.05, 3.63) is 28.2 Å². The highest BCUT2D eigenvalue weighted by Crippen LogP contribution is 2.29. The van der Waals surface area contributed by atoms with E-state index < -0.39 is 6.36 Å². The molecule has 1 aromatic carbocycles. The van der Waals surface area contributed by atoms with Crippen molar-refractivity contribution in [2.75, 3.05) is 13.1 Å². The summed E-state index contributed by atoms with van der Waals surface area (Å²) in [5.41, 5.74) is 0.980. The Kier molecular flexibility index (Phi) is 4.96. The smallest absolute Gasteiger partial charge is 0.406 e. The van der Waals surface area contributed by atoms with E-state index in [-0.39, 0.29) is 5.75 Å². The summed E-state index contributed by atoms with van der Waals surface area (Å²) >= 11 is 3.32. The van der Waals surface area contributed by atoms with Gasteiger partial charge in [-0.05, 0) is 43.0 Å². The third-order valence-corrected chi connectivity index (χ3v) is 4.13. The first-order valence-electron chi connectivity index (χ1n) is 6.60. The molecule has 0 aliphatic carbocycles. The van der Waals surface area contributed by atoms with E-state index in [0.717, 1.165) is 25.2 Å². The number of nitrogens with zero attached hydrogens (tertiary/aromatic N) is 1. The molecule has 20 heavy (non-hydrogen) atoms. The molecule has 1 unspecified atom stereocenters. The monoisotopic (exact) mass is 351 g/mol. The van der Waals surface area contributed by atoms with Crippen LogP contribution < -0.4 is 4.74 Å². The Balaban J connectivity index is 2.02. The van der Waals surface area contributed by atoms with Crippen LogP contribution in [0.2, 0.25) is 0 Å². The van der Waals surface area contributed by atoms with Gasteiger partial charge in [-0.3, -0.25) is 4.90 Å². The van der Waals surface area contributed by atoms with Crippen molar-refractivity contribution in [2.24, 2.45) is 5.92 Å². The van der Waals surface area contributed by atoms with E-state index in [2.05, 4.69) is 32.5 Å². The topological polar surface area (TPSA) is 12.5 Å². The molecule has 112 valence electrons. The van der Waals surface area contributed by atoms with Gasteiger partial charge in [0.15, 0.2) is 0 Å². The summed E-state index contributed by atoms with van der Waals surface area (Å²) in [5.74, 6) is 0.482. The van der Waals surface area contributed by atoms with Gasteiger partial charge in [-0.1, -0.05) is 28.9 Å². The lowest BCUT2D eigenvalue weighted by molar-refractivity contribution is -0.274. The Labute approximate surface area is 125 Å². The molecule has 1 aliphatic heterocycles. The number of alkyl halides is 3. The van der Waals surface area contributed by atoms with Gasteiger partial charge in [0, 0.05) is 17.6 Å². The van der Waals surface area contributed by atoms with Gasteiger partial charge in [0.2, 0.25) is 0 Å². The minimum atomic E-state index is -4.65. The summed E-state index contributed by atoms with van der Waals surface area (Å²) in [4.78, 5) is 2.33. The molecule has 6 heteroatoms. The first-order chi connectivity index (χ1) is 9.33. The van der Waals surface area contributed by atoms with Crippen LogP contribution in [-0.4, -0.2) is 24.4 Å². The Hall–Kier alpha value is -0.750.